The van der Waals surface area contributed by atoms with Gasteiger partial charge in [-0.2, -0.15) is 5.06 Å². The van der Waals surface area contributed by atoms with Crippen LogP contribution in [0.5, 0.6) is 0 Å². The average molecular weight is 446 g/mol. The van der Waals surface area contributed by atoms with E-state index in [1.807, 2.05) is 36.2 Å². The number of hydrogen-bond acceptors (Lipinski definition) is 7. The fourth-order valence-electron chi connectivity index (χ4n) is 4.74. The lowest BCUT2D eigenvalue weighted by Gasteiger charge is -2.36. The third kappa shape index (κ3) is 5.27. The van der Waals surface area contributed by atoms with Gasteiger partial charge < -0.3 is 19.8 Å². The number of allylic oxidation sites excluding steroid dienone is 1. The molecule has 8 heteroatoms. The number of benzene rings is 1. The molecule has 1 amide bonds. The number of carbonyl (C=O) groups excluding carboxylic acids is 1. The first-order chi connectivity index (χ1) is 15.3. The fraction of sp³-hybridized carbons (Fsp3) is 0.583. The van der Waals surface area contributed by atoms with Crippen LogP contribution in [-0.2, 0) is 9.57 Å². The lowest BCUT2D eigenvalue weighted by molar-refractivity contribution is -0.168. The van der Waals surface area contributed by atoms with E-state index in [2.05, 4.69) is 29.9 Å². The van der Waals surface area contributed by atoms with Gasteiger partial charge in [-0.3, -0.25) is 9.63 Å². The number of ether oxygens (including phenoxy) is 1. The van der Waals surface area contributed by atoms with Crippen LogP contribution in [0.4, 0.5) is 5.69 Å². The van der Waals surface area contributed by atoms with Crippen LogP contribution in [0.25, 0.3) is 0 Å². The van der Waals surface area contributed by atoms with E-state index >= 15 is 0 Å². The van der Waals surface area contributed by atoms with Gasteiger partial charge in [0.1, 0.15) is 6.10 Å². The molecule has 3 unspecified atom stereocenters. The monoisotopic (exact) mass is 445 g/mol. The number of hydroxylamine groups is 2. The average Bonchev–Trinajstić information content (AvgIpc) is 3.21. The Kier molecular flexibility index (Phi) is 8.19. The summed E-state index contributed by atoms with van der Waals surface area (Å²) in [4.78, 5) is 23.7. The lowest BCUT2D eigenvalue weighted by Crippen LogP contribution is -2.39. The second kappa shape index (κ2) is 10.7. The Balaban J connectivity index is 1.84. The number of rotatable bonds is 8. The Morgan fingerprint density at radius 2 is 2.16 bits per heavy atom. The van der Waals surface area contributed by atoms with E-state index in [1.165, 1.54) is 0 Å². The molecule has 0 bridgehead atoms. The summed E-state index contributed by atoms with van der Waals surface area (Å²) in [6.07, 6.45) is 3.98. The molecule has 1 aliphatic carbocycles. The maximum atomic E-state index is 12.3. The van der Waals surface area contributed by atoms with Gasteiger partial charge in [-0.25, -0.2) is 4.99 Å². The zero-order valence-electron chi connectivity index (χ0n) is 19.3. The smallest absolute Gasteiger partial charge is 0.276 e. The molecule has 8 nitrogen and oxygen atoms in total. The van der Waals surface area contributed by atoms with Crippen molar-refractivity contribution in [1.29, 1.82) is 0 Å². The molecule has 1 aromatic rings. The minimum Gasteiger partial charge on any atom is -0.394 e. The van der Waals surface area contributed by atoms with Crippen molar-refractivity contribution in [2.24, 2.45) is 16.8 Å². The van der Waals surface area contributed by atoms with E-state index in [0.717, 1.165) is 17.7 Å². The number of aliphatic hydroxyl groups is 2. The molecular formula is C24H35N3O5. The highest BCUT2D eigenvalue weighted by Crippen LogP contribution is 2.38. The normalized spacial score (nSPS) is 29.1. The largest absolute Gasteiger partial charge is 0.394 e. The van der Waals surface area contributed by atoms with Crippen molar-refractivity contribution in [1.82, 2.24) is 5.06 Å². The van der Waals surface area contributed by atoms with Crippen LogP contribution < -0.4 is 4.90 Å². The first kappa shape index (κ1) is 24.5. The lowest BCUT2D eigenvalue weighted by atomic mass is 9.78. The number of methoxy groups -OCH3 is 1. The molecule has 2 aliphatic rings. The Bertz CT molecular complexity index is 841. The predicted molar refractivity (Wildman–Crippen MR) is 124 cm³/mol. The highest BCUT2D eigenvalue weighted by molar-refractivity contribution is 5.98. The van der Waals surface area contributed by atoms with Gasteiger partial charge in [-0.15, -0.1) is 0 Å². The molecule has 1 aliphatic heterocycles. The van der Waals surface area contributed by atoms with E-state index in [9.17, 15) is 15.0 Å². The Morgan fingerprint density at radius 1 is 1.41 bits per heavy atom. The van der Waals surface area contributed by atoms with Gasteiger partial charge in [-0.1, -0.05) is 12.2 Å². The number of nitrogens with zero attached hydrogens (tertiary/aromatic N) is 3. The van der Waals surface area contributed by atoms with Gasteiger partial charge in [0.15, 0.2) is 0 Å². The number of aliphatic hydroxyl groups excluding tert-OH is 2. The summed E-state index contributed by atoms with van der Waals surface area (Å²) >= 11 is 0. The van der Waals surface area contributed by atoms with Crippen LogP contribution in [0.2, 0.25) is 0 Å². The van der Waals surface area contributed by atoms with Crippen molar-refractivity contribution in [3.05, 3.63) is 41.5 Å². The maximum absolute atomic E-state index is 12.3. The second-order valence-electron chi connectivity index (χ2n) is 8.88. The molecule has 3 rings (SSSR count). The summed E-state index contributed by atoms with van der Waals surface area (Å²) in [6.45, 7) is 6.11. The molecule has 32 heavy (non-hydrogen) atoms. The van der Waals surface area contributed by atoms with E-state index in [4.69, 9.17) is 9.57 Å². The van der Waals surface area contributed by atoms with Gasteiger partial charge in [0.05, 0.1) is 18.8 Å². The van der Waals surface area contributed by atoms with Crippen LogP contribution in [0.3, 0.4) is 0 Å². The zero-order chi connectivity index (χ0) is 23.4. The summed E-state index contributed by atoms with van der Waals surface area (Å²) in [7, 11) is 5.58. The zero-order valence-corrected chi connectivity index (χ0v) is 19.3. The highest BCUT2D eigenvalue weighted by Gasteiger charge is 2.40. The molecule has 2 N–H and O–H groups in total. The molecule has 1 heterocycles. The SMILES string of the molecule is C=NC(=O)c1cc(C2CC=CC(CN3C[C@H]([C@H](C)O)[C@H](CO)O3)C2OC)cc(N(C)C)c1. The molecule has 0 aromatic heterocycles. The number of carbonyl (C=O) groups is 1. The van der Waals surface area contributed by atoms with Crippen molar-refractivity contribution in [2.45, 2.75) is 37.6 Å². The third-order valence-corrected chi connectivity index (χ3v) is 6.53. The molecule has 1 saturated heterocycles. The third-order valence-electron chi connectivity index (χ3n) is 6.53. The molecule has 0 radical (unpaired) electrons. The van der Waals surface area contributed by atoms with Crippen molar-refractivity contribution in [3.8, 4) is 0 Å². The first-order valence-electron chi connectivity index (χ1n) is 11.0. The molecule has 6 atom stereocenters. The minimum absolute atomic E-state index is 0.0468. The summed E-state index contributed by atoms with van der Waals surface area (Å²) in [5, 5.41) is 21.5. The summed E-state index contributed by atoms with van der Waals surface area (Å²) < 4.78 is 5.97. The minimum atomic E-state index is -0.562. The summed E-state index contributed by atoms with van der Waals surface area (Å²) in [5.74, 6) is -0.391. The molecule has 0 saturated carbocycles. The number of anilines is 1. The summed E-state index contributed by atoms with van der Waals surface area (Å²) in [5.41, 5.74) is 2.45. The first-order valence-corrected chi connectivity index (χ1v) is 11.0. The van der Waals surface area contributed by atoms with Crippen molar-refractivity contribution in [2.75, 3.05) is 45.8 Å². The van der Waals surface area contributed by atoms with Crippen LogP contribution >= 0.6 is 0 Å². The Morgan fingerprint density at radius 3 is 2.72 bits per heavy atom. The van der Waals surface area contributed by atoms with Crippen LogP contribution in [-0.4, -0.2) is 87.1 Å². The number of hydrogen-bond donors (Lipinski definition) is 2. The molecule has 1 fully saturated rings. The van der Waals surface area contributed by atoms with E-state index in [-0.39, 0.29) is 36.4 Å². The van der Waals surface area contributed by atoms with Gasteiger partial charge >= 0.3 is 0 Å². The molecule has 1 aromatic carbocycles. The second-order valence-corrected chi connectivity index (χ2v) is 8.88. The van der Waals surface area contributed by atoms with E-state index in [0.29, 0.717) is 18.7 Å². The fourth-order valence-corrected chi connectivity index (χ4v) is 4.74. The van der Waals surface area contributed by atoms with E-state index in [1.54, 1.807) is 14.0 Å². The molecule has 0 spiro atoms. The van der Waals surface area contributed by atoms with Gasteiger partial charge in [0.2, 0.25) is 0 Å². The molecular weight excluding hydrogens is 410 g/mol. The number of amides is 1. The van der Waals surface area contributed by atoms with Gasteiger partial charge in [-0.05, 0) is 43.8 Å². The quantitative estimate of drug-likeness (QED) is 0.466. The Labute approximate surface area is 190 Å². The van der Waals surface area contributed by atoms with Crippen molar-refractivity contribution in [3.63, 3.8) is 0 Å². The van der Waals surface area contributed by atoms with Crippen LogP contribution in [0.1, 0.15) is 35.2 Å². The van der Waals surface area contributed by atoms with Crippen LogP contribution in [0.15, 0.2) is 35.3 Å². The topological polar surface area (TPSA) is 94.8 Å². The molecule has 176 valence electrons. The highest BCUT2D eigenvalue weighted by atomic mass is 16.7. The predicted octanol–water partition coefficient (Wildman–Crippen LogP) is 1.87. The van der Waals surface area contributed by atoms with Crippen molar-refractivity contribution < 1.29 is 24.6 Å². The standard InChI is InChI=1S/C24H35N3O5/c1-15(29)21-13-27(32-22(21)14-28)12-16-7-6-8-20(23(16)31-5)17-9-18(24(30)25-2)11-19(10-17)26(3)4/h6-7,9-11,15-16,20-23,28-29H,2,8,12-14H2,1,3-5H3/t15-,16?,20?,21+,22-,23?/m0/s1. The van der Waals surface area contributed by atoms with E-state index < -0.39 is 12.2 Å². The van der Waals surface area contributed by atoms with Crippen LogP contribution in [0, 0.1) is 11.8 Å². The van der Waals surface area contributed by atoms with Gasteiger partial charge in [0.25, 0.3) is 5.91 Å². The van der Waals surface area contributed by atoms with Gasteiger partial charge in [0, 0.05) is 63.3 Å². The Hall–Kier alpha value is -2.10. The van der Waals surface area contributed by atoms with Crippen molar-refractivity contribution >= 4 is 18.3 Å². The number of aliphatic imine (C=N–C) groups is 1. The maximum Gasteiger partial charge on any atom is 0.276 e. The summed E-state index contributed by atoms with van der Waals surface area (Å²) in [6, 6.07) is 5.79.